The molecule has 9 heteroatoms. The van der Waals surface area contributed by atoms with E-state index in [1.54, 1.807) is 54.5 Å². The lowest BCUT2D eigenvalue weighted by Gasteiger charge is -2.20. The SMILES string of the molecule is COc1ccc(Cl)c2sc(N(Cc3ccncc3)C(=O)c3c(C)cnn3C)nc12. The predicted molar refractivity (Wildman–Crippen MR) is 114 cm³/mol. The van der Waals surface area contributed by atoms with Crippen molar-refractivity contribution >= 4 is 44.2 Å². The zero-order valence-electron chi connectivity index (χ0n) is 16.1. The van der Waals surface area contributed by atoms with Crippen LogP contribution in [0.4, 0.5) is 5.13 Å². The average Bonchev–Trinajstić information content (AvgIpc) is 3.31. The second-order valence-corrected chi connectivity index (χ2v) is 7.86. The van der Waals surface area contributed by atoms with Crippen LogP contribution in [0.5, 0.6) is 5.75 Å². The van der Waals surface area contributed by atoms with E-state index in [9.17, 15) is 4.79 Å². The minimum absolute atomic E-state index is 0.187. The van der Waals surface area contributed by atoms with Gasteiger partial charge in [0.1, 0.15) is 17.0 Å². The first-order valence-corrected chi connectivity index (χ1v) is 10.0. The third kappa shape index (κ3) is 3.56. The van der Waals surface area contributed by atoms with E-state index >= 15 is 0 Å². The van der Waals surface area contributed by atoms with Crippen molar-refractivity contribution in [2.24, 2.45) is 7.05 Å². The van der Waals surface area contributed by atoms with Crippen molar-refractivity contribution in [1.82, 2.24) is 19.7 Å². The van der Waals surface area contributed by atoms with E-state index in [0.29, 0.717) is 33.7 Å². The van der Waals surface area contributed by atoms with Crippen molar-refractivity contribution in [2.75, 3.05) is 12.0 Å². The Labute approximate surface area is 176 Å². The number of fused-ring (bicyclic) bond motifs is 1. The second-order valence-electron chi connectivity index (χ2n) is 6.47. The van der Waals surface area contributed by atoms with Gasteiger partial charge in [0.15, 0.2) is 5.13 Å². The number of nitrogens with zero attached hydrogens (tertiary/aromatic N) is 5. The molecule has 29 heavy (non-hydrogen) atoms. The topological polar surface area (TPSA) is 73.1 Å². The van der Waals surface area contributed by atoms with Gasteiger partial charge in [-0.05, 0) is 42.3 Å². The Kier molecular flexibility index (Phi) is 5.21. The number of methoxy groups -OCH3 is 1. The van der Waals surface area contributed by atoms with Crippen LogP contribution in [-0.4, -0.2) is 32.8 Å². The molecule has 4 aromatic rings. The van der Waals surface area contributed by atoms with E-state index in [0.717, 1.165) is 15.8 Å². The number of carbonyl (C=O) groups is 1. The molecule has 0 unspecified atom stereocenters. The number of benzene rings is 1. The summed E-state index contributed by atoms with van der Waals surface area (Å²) in [7, 11) is 3.34. The molecular weight excluding hydrogens is 410 g/mol. The highest BCUT2D eigenvalue weighted by Gasteiger charge is 2.26. The molecule has 7 nitrogen and oxygen atoms in total. The Morgan fingerprint density at radius 1 is 1.28 bits per heavy atom. The van der Waals surface area contributed by atoms with Crippen LogP contribution in [0.1, 0.15) is 21.6 Å². The monoisotopic (exact) mass is 427 g/mol. The first-order chi connectivity index (χ1) is 14.0. The summed E-state index contributed by atoms with van der Waals surface area (Å²) < 4.78 is 7.78. The van der Waals surface area contributed by atoms with E-state index in [4.69, 9.17) is 21.3 Å². The molecule has 1 aromatic carbocycles. The van der Waals surface area contributed by atoms with Crippen LogP contribution >= 0.6 is 22.9 Å². The lowest BCUT2D eigenvalue weighted by atomic mass is 10.2. The summed E-state index contributed by atoms with van der Waals surface area (Å²) in [6.45, 7) is 2.20. The third-order valence-electron chi connectivity index (χ3n) is 4.56. The number of halogens is 1. The molecule has 3 aromatic heterocycles. The molecule has 3 heterocycles. The minimum Gasteiger partial charge on any atom is -0.494 e. The van der Waals surface area contributed by atoms with Crippen molar-refractivity contribution < 1.29 is 9.53 Å². The third-order valence-corrected chi connectivity index (χ3v) is 6.10. The second kappa shape index (κ2) is 7.81. The van der Waals surface area contributed by atoms with E-state index in [2.05, 4.69) is 10.1 Å². The molecular formula is C20H18ClN5O2S. The van der Waals surface area contributed by atoms with Crippen molar-refractivity contribution in [3.05, 3.63) is 64.7 Å². The number of amides is 1. The van der Waals surface area contributed by atoms with Crippen molar-refractivity contribution in [3.8, 4) is 5.75 Å². The fourth-order valence-electron chi connectivity index (χ4n) is 3.10. The first-order valence-electron chi connectivity index (χ1n) is 8.82. The van der Waals surface area contributed by atoms with Gasteiger partial charge in [-0.15, -0.1) is 0 Å². The number of thiazole rings is 1. The average molecular weight is 428 g/mol. The summed E-state index contributed by atoms with van der Waals surface area (Å²) in [6.07, 6.45) is 5.08. The zero-order chi connectivity index (χ0) is 20.5. The molecule has 0 saturated heterocycles. The van der Waals surface area contributed by atoms with Gasteiger partial charge in [0, 0.05) is 19.4 Å². The molecule has 0 bridgehead atoms. The Bertz CT molecular complexity index is 1170. The maximum Gasteiger partial charge on any atom is 0.278 e. The predicted octanol–water partition coefficient (Wildman–Crippen LogP) is 4.24. The van der Waals surface area contributed by atoms with Crippen molar-refractivity contribution in [2.45, 2.75) is 13.5 Å². The van der Waals surface area contributed by atoms with Gasteiger partial charge in [-0.3, -0.25) is 19.4 Å². The molecule has 1 amide bonds. The maximum absolute atomic E-state index is 13.5. The van der Waals surface area contributed by atoms with Crippen molar-refractivity contribution in [1.29, 1.82) is 0 Å². The molecule has 0 aliphatic carbocycles. The molecule has 0 atom stereocenters. The number of carbonyl (C=O) groups excluding carboxylic acids is 1. The number of anilines is 1. The number of ether oxygens (including phenoxy) is 1. The number of aromatic nitrogens is 4. The highest BCUT2D eigenvalue weighted by Crippen LogP contribution is 2.39. The van der Waals surface area contributed by atoms with E-state index in [1.807, 2.05) is 19.1 Å². The summed E-state index contributed by atoms with van der Waals surface area (Å²) in [6, 6.07) is 7.29. The summed E-state index contributed by atoms with van der Waals surface area (Å²) in [5, 5.41) is 5.31. The number of hydrogen-bond acceptors (Lipinski definition) is 6. The molecule has 148 valence electrons. The normalized spacial score (nSPS) is 11.0. The molecule has 4 rings (SSSR count). The lowest BCUT2D eigenvalue weighted by molar-refractivity contribution is 0.0975. The van der Waals surface area contributed by atoms with Gasteiger partial charge in [-0.1, -0.05) is 22.9 Å². The minimum atomic E-state index is -0.187. The molecule has 0 saturated carbocycles. The smallest absolute Gasteiger partial charge is 0.278 e. The highest BCUT2D eigenvalue weighted by molar-refractivity contribution is 7.23. The van der Waals surface area contributed by atoms with Crippen molar-refractivity contribution in [3.63, 3.8) is 0 Å². The number of hydrogen-bond donors (Lipinski definition) is 0. The Hall–Kier alpha value is -2.97. The largest absolute Gasteiger partial charge is 0.494 e. The summed E-state index contributed by atoms with van der Waals surface area (Å²) in [5.41, 5.74) is 2.88. The number of aryl methyl sites for hydroxylation is 2. The van der Waals surface area contributed by atoms with E-state index in [1.165, 1.54) is 11.3 Å². The molecule has 0 radical (unpaired) electrons. The Morgan fingerprint density at radius 3 is 2.69 bits per heavy atom. The molecule has 0 N–H and O–H groups in total. The van der Waals surface area contributed by atoms with E-state index < -0.39 is 0 Å². The highest BCUT2D eigenvalue weighted by atomic mass is 35.5. The van der Waals surface area contributed by atoms with Crippen LogP contribution in [0, 0.1) is 6.92 Å². The number of pyridine rings is 1. The lowest BCUT2D eigenvalue weighted by Crippen LogP contribution is -2.32. The van der Waals surface area contributed by atoms with Gasteiger partial charge in [-0.2, -0.15) is 5.10 Å². The standard InChI is InChI=1S/C20H18ClN5O2S/c1-12-10-23-25(2)17(12)19(27)26(11-13-6-8-22-9-7-13)20-24-16-15(28-3)5-4-14(21)18(16)29-20/h4-10H,11H2,1-3H3. The van der Waals surface area contributed by atoms with Crippen LogP contribution in [-0.2, 0) is 13.6 Å². The Balaban J connectivity index is 1.85. The molecule has 0 fully saturated rings. The van der Waals surface area contributed by atoms with Crippen LogP contribution in [0.3, 0.4) is 0 Å². The first kappa shape index (κ1) is 19.4. The van der Waals surface area contributed by atoms with Gasteiger partial charge in [0.2, 0.25) is 0 Å². The van der Waals surface area contributed by atoms with E-state index in [-0.39, 0.29) is 5.91 Å². The van der Waals surface area contributed by atoms with Gasteiger partial charge < -0.3 is 4.74 Å². The van der Waals surface area contributed by atoms with Gasteiger partial charge >= 0.3 is 0 Å². The van der Waals surface area contributed by atoms with Crippen LogP contribution < -0.4 is 9.64 Å². The molecule has 0 aliphatic heterocycles. The van der Waals surface area contributed by atoms with Gasteiger partial charge in [0.25, 0.3) is 5.91 Å². The van der Waals surface area contributed by atoms with Gasteiger partial charge in [-0.25, -0.2) is 4.98 Å². The summed E-state index contributed by atoms with van der Waals surface area (Å²) in [5.74, 6) is 0.424. The maximum atomic E-state index is 13.5. The van der Waals surface area contributed by atoms with Crippen LogP contribution in [0.15, 0.2) is 42.9 Å². The summed E-state index contributed by atoms with van der Waals surface area (Å²) >= 11 is 7.74. The Morgan fingerprint density at radius 2 is 2.03 bits per heavy atom. The quantitative estimate of drug-likeness (QED) is 0.476. The summed E-state index contributed by atoms with van der Waals surface area (Å²) in [4.78, 5) is 23.9. The molecule has 0 aliphatic rings. The van der Waals surface area contributed by atoms with Crippen LogP contribution in [0.2, 0.25) is 5.02 Å². The van der Waals surface area contributed by atoms with Gasteiger partial charge in [0.05, 0.1) is 29.6 Å². The molecule has 0 spiro atoms. The fraction of sp³-hybridized carbons (Fsp3) is 0.200. The fourth-order valence-corrected chi connectivity index (χ4v) is 4.35. The number of rotatable bonds is 5. The van der Waals surface area contributed by atoms with Crippen LogP contribution in [0.25, 0.3) is 10.2 Å². The zero-order valence-corrected chi connectivity index (χ0v) is 17.7.